The Morgan fingerprint density at radius 1 is 1.78 bits per heavy atom. The quantitative estimate of drug-likeness (QED) is 0.445. The fraction of sp³-hybridized carbons (Fsp3) is 0.200. The maximum Gasteiger partial charge on any atom is 0.324 e. The summed E-state index contributed by atoms with van der Waals surface area (Å²) in [5.41, 5.74) is 0.951. The van der Waals surface area contributed by atoms with Crippen LogP contribution in [0.5, 0.6) is 0 Å². The van der Waals surface area contributed by atoms with E-state index in [0.717, 1.165) is 16.9 Å². The summed E-state index contributed by atoms with van der Waals surface area (Å²) in [6.07, 6.45) is 0. The van der Waals surface area contributed by atoms with E-state index in [1.165, 1.54) is 0 Å². The normalized spacial score (nSPS) is 9.44. The molecule has 0 atom stereocenters. The first-order valence-electron chi connectivity index (χ1n) is 2.39. The summed E-state index contributed by atoms with van der Waals surface area (Å²) in [6, 6.07) is 1.56. The standard InChI is InChI=1S/C5H5NO2S/c1-4-2-5(6(7)8)9-3-4/h2-3H,1H3. The molecule has 0 spiro atoms. The van der Waals surface area contributed by atoms with E-state index in [-0.39, 0.29) is 9.92 Å². The molecule has 0 radical (unpaired) electrons. The maximum atomic E-state index is 10.0. The molecule has 0 unspecified atom stereocenters. The van der Waals surface area contributed by atoms with Crippen molar-refractivity contribution in [2.45, 2.75) is 6.92 Å². The molecule has 48 valence electrons. The van der Waals surface area contributed by atoms with E-state index in [2.05, 4.69) is 0 Å². The van der Waals surface area contributed by atoms with Crippen molar-refractivity contribution in [2.75, 3.05) is 0 Å². The topological polar surface area (TPSA) is 43.1 Å². The van der Waals surface area contributed by atoms with Gasteiger partial charge in [-0.25, -0.2) is 0 Å². The number of aryl methyl sites for hydroxylation is 1. The average molecular weight is 143 g/mol. The minimum absolute atomic E-state index is 0.215. The lowest BCUT2D eigenvalue weighted by molar-refractivity contribution is -0.380. The minimum Gasteiger partial charge on any atom is -0.258 e. The second-order valence-electron chi connectivity index (χ2n) is 1.72. The van der Waals surface area contributed by atoms with Crippen LogP contribution in [0.1, 0.15) is 5.56 Å². The Labute approximate surface area is 56.1 Å². The highest BCUT2D eigenvalue weighted by molar-refractivity contribution is 7.13. The highest BCUT2D eigenvalue weighted by atomic mass is 32.1. The van der Waals surface area contributed by atoms with Crippen LogP contribution in [0.3, 0.4) is 0 Å². The zero-order valence-electron chi connectivity index (χ0n) is 4.83. The van der Waals surface area contributed by atoms with Gasteiger partial charge in [-0.3, -0.25) is 10.1 Å². The molecule has 1 rings (SSSR count). The average Bonchev–Trinajstić information content (AvgIpc) is 2.14. The van der Waals surface area contributed by atoms with Crippen molar-refractivity contribution in [1.82, 2.24) is 0 Å². The first-order valence-corrected chi connectivity index (χ1v) is 3.27. The van der Waals surface area contributed by atoms with Crippen molar-refractivity contribution in [2.24, 2.45) is 0 Å². The Hall–Kier alpha value is -0.900. The summed E-state index contributed by atoms with van der Waals surface area (Å²) in [5.74, 6) is 0. The van der Waals surface area contributed by atoms with Crippen LogP contribution in [-0.2, 0) is 0 Å². The number of hydrogen-bond acceptors (Lipinski definition) is 3. The molecular weight excluding hydrogens is 138 g/mol. The molecule has 4 heteroatoms. The van der Waals surface area contributed by atoms with Crippen LogP contribution in [0.25, 0.3) is 0 Å². The van der Waals surface area contributed by atoms with Crippen LogP contribution in [-0.4, -0.2) is 4.92 Å². The molecular formula is C5H5NO2S. The summed E-state index contributed by atoms with van der Waals surface area (Å²) in [6.45, 7) is 1.84. The zero-order valence-corrected chi connectivity index (χ0v) is 5.64. The molecule has 0 aliphatic heterocycles. The summed E-state index contributed by atoms with van der Waals surface area (Å²) in [7, 11) is 0. The van der Waals surface area contributed by atoms with Gasteiger partial charge in [0.25, 0.3) is 0 Å². The third-order valence-corrected chi connectivity index (χ3v) is 1.89. The molecule has 1 aromatic rings. The molecule has 1 aromatic heterocycles. The second kappa shape index (κ2) is 2.14. The Morgan fingerprint density at radius 2 is 2.44 bits per heavy atom. The van der Waals surface area contributed by atoms with E-state index in [1.807, 2.05) is 6.92 Å². The zero-order chi connectivity index (χ0) is 6.85. The van der Waals surface area contributed by atoms with Crippen molar-refractivity contribution < 1.29 is 4.92 Å². The molecule has 0 aliphatic carbocycles. The number of thiophene rings is 1. The van der Waals surface area contributed by atoms with E-state index in [0.29, 0.717) is 0 Å². The van der Waals surface area contributed by atoms with Gasteiger partial charge < -0.3 is 0 Å². The van der Waals surface area contributed by atoms with Gasteiger partial charge in [-0.15, -0.1) is 0 Å². The highest BCUT2D eigenvalue weighted by Gasteiger charge is 2.05. The molecule has 1 heterocycles. The van der Waals surface area contributed by atoms with Crippen molar-refractivity contribution >= 4 is 16.3 Å². The number of hydrogen-bond donors (Lipinski definition) is 0. The van der Waals surface area contributed by atoms with E-state index in [1.54, 1.807) is 11.4 Å². The Morgan fingerprint density at radius 3 is 2.67 bits per heavy atom. The van der Waals surface area contributed by atoms with Crippen molar-refractivity contribution in [3.8, 4) is 0 Å². The summed E-state index contributed by atoms with van der Waals surface area (Å²) in [5, 5.41) is 12.0. The Bertz CT molecular complexity index is 231. The van der Waals surface area contributed by atoms with Gasteiger partial charge in [-0.2, -0.15) is 0 Å². The molecule has 0 amide bonds. The van der Waals surface area contributed by atoms with Crippen LogP contribution in [0.2, 0.25) is 0 Å². The van der Waals surface area contributed by atoms with Gasteiger partial charge in [0, 0.05) is 11.4 Å². The maximum absolute atomic E-state index is 10.0. The summed E-state index contributed by atoms with van der Waals surface area (Å²) in [4.78, 5) is 9.65. The first kappa shape index (κ1) is 6.22. The minimum atomic E-state index is -0.377. The molecule has 0 fully saturated rings. The van der Waals surface area contributed by atoms with Crippen molar-refractivity contribution in [3.63, 3.8) is 0 Å². The van der Waals surface area contributed by atoms with Gasteiger partial charge in [-0.1, -0.05) is 11.3 Å². The predicted molar refractivity (Wildman–Crippen MR) is 35.7 cm³/mol. The van der Waals surface area contributed by atoms with E-state index in [4.69, 9.17) is 0 Å². The van der Waals surface area contributed by atoms with E-state index in [9.17, 15) is 10.1 Å². The number of nitrogens with zero attached hydrogens (tertiary/aromatic N) is 1. The third-order valence-electron chi connectivity index (χ3n) is 0.897. The fourth-order valence-corrected chi connectivity index (χ4v) is 1.23. The van der Waals surface area contributed by atoms with Gasteiger partial charge in [0.1, 0.15) is 0 Å². The lowest BCUT2D eigenvalue weighted by Crippen LogP contribution is -1.80. The lowest BCUT2D eigenvalue weighted by Gasteiger charge is -1.77. The van der Waals surface area contributed by atoms with Crippen molar-refractivity contribution in [3.05, 3.63) is 27.1 Å². The van der Waals surface area contributed by atoms with Crippen LogP contribution >= 0.6 is 11.3 Å². The number of rotatable bonds is 1. The third kappa shape index (κ3) is 1.26. The Balaban J connectivity index is 2.98. The molecule has 0 saturated heterocycles. The predicted octanol–water partition coefficient (Wildman–Crippen LogP) is 1.96. The summed E-state index contributed by atoms with van der Waals surface area (Å²) < 4.78 is 0. The molecule has 0 aliphatic rings. The van der Waals surface area contributed by atoms with Crippen LogP contribution < -0.4 is 0 Å². The van der Waals surface area contributed by atoms with Crippen LogP contribution in [0.4, 0.5) is 5.00 Å². The van der Waals surface area contributed by atoms with Crippen molar-refractivity contribution in [1.29, 1.82) is 0 Å². The molecule has 0 N–H and O–H groups in total. The molecule has 0 saturated carbocycles. The summed E-state index contributed by atoms with van der Waals surface area (Å²) >= 11 is 1.16. The van der Waals surface area contributed by atoms with Gasteiger partial charge >= 0.3 is 5.00 Å². The van der Waals surface area contributed by atoms with Gasteiger partial charge in [0.2, 0.25) is 0 Å². The first-order chi connectivity index (χ1) is 4.20. The fourth-order valence-electron chi connectivity index (χ4n) is 0.512. The van der Waals surface area contributed by atoms with Crippen LogP contribution in [0, 0.1) is 17.0 Å². The lowest BCUT2D eigenvalue weighted by atomic mass is 10.4. The second-order valence-corrected chi connectivity index (χ2v) is 2.61. The number of nitro groups is 1. The monoisotopic (exact) mass is 143 g/mol. The molecule has 9 heavy (non-hydrogen) atoms. The molecule has 0 bridgehead atoms. The van der Waals surface area contributed by atoms with Gasteiger partial charge in [0.15, 0.2) is 0 Å². The van der Waals surface area contributed by atoms with Gasteiger partial charge in [-0.05, 0) is 12.5 Å². The smallest absolute Gasteiger partial charge is 0.258 e. The van der Waals surface area contributed by atoms with E-state index < -0.39 is 0 Å². The molecule has 0 aromatic carbocycles. The largest absolute Gasteiger partial charge is 0.324 e. The molecule has 3 nitrogen and oxygen atoms in total. The van der Waals surface area contributed by atoms with Crippen LogP contribution in [0.15, 0.2) is 11.4 Å². The Kier molecular flexibility index (Phi) is 1.48. The van der Waals surface area contributed by atoms with E-state index >= 15 is 0 Å². The van der Waals surface area contributed by atoms with Gasteiger partial charge in [0.05, 0.1) is 4.92 Å². The highest BCUT2D eigenvalue weighted by Crippen LogP contribution is 2.21. The SMILES string of the molecule is Cc1csc([N+](=O)[O-])c1.